The second kappa shape index (κ2) is 19.4. The molecule has 0 spiro atoms. The smallest absolute Gasteiger partial charge is 0.269 e. The van der Waals surface area contributed by atoms with Crippen LogP contribution in [0, 0.1) is 20.2 Å². The van der Waals surface area contributed by atoms with Crippen molar-refractivity contribution in [1.82, 2.24) is 10.6 Å². The van der Waals surface area contributed by atoms with Gasteiger partial charge in [-0.3, -0.25) is 30.2 Å². The molecule has 0 aromatic heterocycles. The van der Waals surface area contributed by atoms with Crippen LogP contribution < -0.4 is 10.6 Å². The summed E-state index contributed by atoms with van der Waals surface area (Å²) >= 11 is 3.19. The number of hydrogen-bond donors (Lipinski definition) is 2. The van der Waals surface area contributed by atoms with Gasteiger partial charge >= 0.3 is 0 Å². The molecule has 12 heteroatoms. The molecule has 0 saturated carbocycles. The maximum atomic E-state index is 10.9. The minimum Gasteiger partial charge on any atom is -0.365 e. The van der Waals surface area contributed by atoms with Crippen LogP contribution in [0.15, 0.2) is 82.8 Å². The lowest BCUT2D eigenvalue weighted by Gasteiger charge is -2.11. The van der Waals surface area contributed by atoms with E-state index >= 15 is 0 Å². The average molecular weight is 637 g/mol. The zero-order valence-corrected chi connectivity index (χ0v) is 26.9. The Labute approximate surface area is 267 Å². The largest absolute Gasteiger partial charge is 0.365 e. The van der Waals surface area contributed by atoms with Gasteiger partial charge < -0.3 is 10.6 Å². The zero-order valence-electron chi connectivity index (χ0n) is 25.2. The first-order valence-electron chi connectivity index (χ1n) is 14.7. The van der Waals surface area contributed by atoms with Crippen LogP contribution in [0.5, 0.6) is 0 Å². The van der Waals surface area contributed by atoms with Crippen molar-refractivity contribution >= 4 is 45.2 Å². The Morgan fingerprint density at radius 3 is 1.43 bits per heavy atom. The van der Waals surface area contributed by atoms with E-state index in [4.69, 9.17) is 9.98 Å². The molecule has 3 aromatic carbocycles. The summed E-state index contributed by atoms with van der Waals surface area (Å²) in [6, 6.07) is 21.5. The van der Waals surface area contributed by atoms with Crippen LogP contribution >= 0.6 is 23.5 Å². The number of nitro benzene ring substituents is 2. The second-order valence-electron chi connectivity index (χ2n) is 10.0. The van der Waals surface area contributed by atoms with E-state index in [0.717, 1.165) is 71.4 Å². The standard InChI is InChI=1S/C32H40N6O4S2/c1-3-5-18-33-31(43-23-25-10-14-29(15-11-25)37(39)40)35-21-27-8-7-9-28(20-27)22-36-32(34-19-6-4-2)44-24-26-12-16-30(17-13-26)38(41)42/h7-17,20H,3-6,18-19,21-24H2,1-2H3,(H,33,35)(H,34,36). The highest BCUT2D eigenvalue weighted by atomic mass is 32.2. The van der Waals surface area contributed by atoms with Crippen molar-refractivity contribution in [2.24, 2.45) is 9.98 Å². The molecule has 2 N–H and O–H groups in total. The third-order valence-electron chi connectivity index (χ3n) is 6.46. The summed E-state index contributed by atoms with van der Waals surface area (Å²) in [4.78, 5) is 30.8. The molecule has 0 amide bonds. The third-order valence-corrected chi connectivity index (χ3v) is 8.51. The van der Waals surface area contributed by atoms with Crippen molar-refractivity contribution in [1.29, 1.82) is 0 Å². The Morgan fingerprint density at radius 1 is 0.659 bits per heavy atom. The summed E-state index contributed by atoms with van der Waals surface area (Å²) in [5, 5.41) is 30.5. The van der Waals surface area contributed by atoms with Crippen molar-refractivity contribution in [3.63, 3.8) is 0 Å². The van der Waals surface area contributed by atoms with Gasteiger partial charge in [0, 0.05) is 48.9 Å². The highest BCUT2D eigenvalue weighted by molar-refractivity contribution is 8.13. The van der Waals surface area contributed by atoms with Gasteiger partial charge in [0.2, 0.25) is 0 Å². The Bertz CT molecular complexity index is 1300. The number of nitrogens with zero attached hydrogens (tertiary/aromatic N) is 4. The highest BCUT2D eigenvalue weighted by Crippen LogP contribution is 2.20. The number of non-ortho nitro benzene ring substituents is 2. The number of amidine groups is 2. The quantitative estimate of drug-likeness (QED) is 0.0533. The number of thioether (sulfide) groups is 2. The summed E-state index contributed by atoms with van der Waals surface area (Å²) in [5.41, 5.74) is 4.35. The number of rotatable bonds is 16. The van der Waals surface area contributed by atoms with E-state index in [2.05, 4.69) is 42.7 Å². The molecule has 3 rings (SSSR count). The second-order valence-corrected chi connectivity index (χ2v) is 12.0. The Hall–Kier alpha value is -3.90. The SMILES string of the molecule is CCCCNC(=NCc1cccc(CN=C(NCCCC)SCc2ccc([N+](=O)[O-])cc2)c1)SCc1ccc([N+](=O)[O-])cc1. The van der Waals surface area contributed by atoms with E-state index in [1.807, 2.05) is 6.07 Å². The van der Waals surface area contributed by atoms with Crippen LogP contribution in [0.1, 0.15) is 61.8 Å². The van der Waals surface area contributed by atoms with Gasteiger partial charge in [0.1, 0.15) is 0 Å². The molecule has 0 unspecified atom stereocenters. The summed E-state index contributed by atoms with van der Waals surface area (Å²) in [6.45, 7) is 7.02. The van der Waals surface area contributed by atoms with Gasteiger partial charge in [-0.15, -0.1) is 0 Å². The molecule has 0 atom stereocenters. The molecular weight excluding hydrogens is 597 g/mol. The first-order valence-corrected chi connectivity index (χ1v) is 16.7. The van der Waals surface area contributed by atoms with Crippen LogP contribution in [-0.4, -0.2) is 33.3 Å². The molecule has 0 heterocycles. The molecule has 0 saturated heterocycles. The molecule has 0 fully saturated rings. The monoisotopic (exact) mass is 636 g/mol. The number of unbranched alkanes of at least 4 members (excludes halogenated alkanes) is 2. The van der Waals surface area contributed by atoms with Gasteiger partial charge in [-0.1, -0.05) is 98.7 Å². The van der Waals surface area contributed by atoms with Gasteiger partial charge in [-0.05, 0) is 35.1 Å². The normalized spacial score (nSPS) is 11.8. The summed E-state index contributed by atoms with van der Waals surface area (Å²) in [6.07, 6.45) is 4.25. The molecule has 0 aliphatic rings. The molecule has 0 aliphatic heterocycles. The summed E-state index contributed by atoms with van der Waals surface area (Å²) in [5.74, 6) is 1.33. The van der Waals surface area contributed by atoms with E-state index in [1.165, 1.54) is 24.3 Å². The number of aliphatic imine (C=N–C) groups is 2. The van der Waals surface area contributed by atoms with Crippen molar-refractivity contribution < 1.29 is 9.85 Å². The van der Waals surface area contributed by atoms with Crippen LogP contribution in [0.25, 0.3) is 0 Å². The fraction of sp³-hybridized carbons (Fsp3) is 0.375. The van der Waals surface area contributed by atoms with Crippen molar-refractivity contribution in [3.8, 4) is 0 Å². The number of nitro groups is 2. The number of hydrogen-bond acceptors (Lipinski definition) is 8. The minimum atomic E-state index is -0.389. The van der Waals surface area contributed by atoms with Gasteiger partial charge in [0.05, 0.1) is 22.9 Å². The lowest BCUT2D eigenvalue weighted by Crippen LogP contribution is -2.22. The van der Waals surface area contributed by atoms with Crippen molar-refractivity contribution in [2.45, 2.75) is 64.1 Å². The lowest BCUT2D eigenvalue weighted by atomic mass is 10.1. The van der Waals surface area contributed by atoms with E-state index < -0.39 is 0 Å². The molecule has 10 nitrogen and oxygen atoms in total. The summed E-state index contributed by atoms with van der Waals surface area (Å²) < 4.78 is 0. The highest BCUT2D eigenvalue weighted by Gasteiger charge is 2.08. The van der Waals surface area contributed by atoms with Crippen LogP contribution in [0.3, 0.4) is 0 Å². The third kappa shape index (κ3) is 12.8. The van der Waals surface area contributed by atoms with E-state index in [0.29, 0.717) is 24.6 Å². The topological polar surface area (TPSA) is 135 Å². The fourth-order valence-electron chi connectivity index (χ4n) is 3.93. The van der Waals surface area contributed by atoms with Crippen LogP contribution in [0.4, 0.5) is 11.4 Å². The Morgan fingerprint density at radius 2 is 1.07 bits per heavy atom. The maximum absolute atomic E-state index is 10.9. The fourth-order valence-corrected chi connectivity index (χ4v) is 5.64. The van der Waals surface area contributed by atoms with Crippen molar-refractivity contribution in [3.05, 3.63) is 115 Å². The average Bonchev–Trinajstić information content (AvgIpc) is 3.03. The predicted molar refractivity (Wildman–Crippen MR) is 183 cm³/mol. The molecule has 0 aliphatic carbocycles. The van der Waals surface area contributed by atoms with Gasteiger partial charge in [-0.2, -0.15) is 0 Å². The van der Waals surface area contributed by atoms with Crippen LogP contribution in [0.2, 0.25) is 0 Å². The Kier molecular flexibility index (Phi) is 15.2. The van der Waals surface area contributed by atoms with Gasteiger partial charge in [0.15, 0.2) is 10.3 Å². The molecule has 44 heavy (non-hydrogen) atoms. The Balaban J connectivity index is 1.63. The van der Waals surface area contributed by atoms with Gasteiger partial charge in [0.25, 0.3) is 11.4 Å². The first kappa shape index (κ1) is 34.6. The molecular formula is C32H40N6O4S2. The molecule has 0 radical (unpaired) electrons. The molecule has 3 aromatic rings. The number of nitrogens with one attached hydrogen (secondary N) is 2. The number of benzene rings is 3. The molecule has 234 valence electrons. The van der Waals surface area contributed by atoms with Crippen LogP contribution in [-0.2, 0) is 24.6 Å². The van der Waals surface area contributed by atoms with Crippen molar-refractivity contribution in [2.75, 3.05) is 13.1 Å². The van der Waals surface area contributed by atoms with Gasteiger partial charge in [-0.25, -0.2) is 0 Å². The van der Waals surface area contributed by atoms with E-state index in [-0.39, 0.29) is 21.2 Å². The predicted octanol–water partition coefficient (Wildman–Crippen LogP) is 7.86. The molecule has 0 bridgehead atoms. The first-order chi connectivity index (χ1) is 21.4. The lowest BCUT2D eigenvalue weighted by molar-refractivity contribution is -0.385. The minimum absolute atomic E-state index is 0.0878. The summed E-state index contributed by atoms with van der Waals surface area (Å²) in [7, 11) is 0. The van der Waals surface area contributed by atoms with E-state index in [9.17, 15) is 20.2 Å². The van der Waals surface area contributed by atoms with E-state index in [1.54, 1.807) is 47.8 Å². The zero-order chi connectivity index (χ0) is 31.6. The maximum Gasteiger partial charge on any atom is 0.269 e.